The van der Waals surface area contributed by atoms with E-state index in [1.165, 1.54) is 25.3 Å². The van der Waals surface area contributed by atoms with Crippen molar-refractivity contribution in [2.75, 3.05) is 12.4 Å². The third-order valence-electron chi connectivity index (χ3n) is 3.76. The van der Waals surface area contributed by atoms with E-state index in [-0.39, 0.29) is 17.2 Å². The highest BCUT2D eigenvalue weighted by atomic mass is 79.9. The van der Waals surface area contributed by atoms with Crippen LogP contribution in [-0.4, -0.2) is 21.4 Å². The molecule has 0 unspecified atom stereocenters. The first kappa shape index (κ1) is 20.4. The molecule has 0 fully saturated rings. The maximum Gasteiger partial charge on any atom is 0.241 e. The van der Waals surface area contributed by atoms with E-state index in [0.717, 1.165) is 10.0 Å². The molecule has 0 bridgehead atoms. The van der Waals surface area contributed by atoms with E-state index in [4.69, 9.17) is 4.74 Å². The fraction of sp³-hybridized carbons (Fsp3) is 0.278. The number of carbonyl (C=O) groups is 1. The van der Waals surface area contributed by atoms with Crippen molar-refractivity contribution < 1.29 is 17.9 Å². The van der Waals surface area contributed by atoms with Crippen molar-refractivity contribution in [3.05, 3.63) is 52.5 Å². The number of rotatable bonds is 7. The van der Waals surface area contributed by atoms with Gasteiger partial charge in [-0.3, -0.25) is 4.79 Å². The Morgan fingerprint density at radius 2 is 1.96 bits per heavy atom. The molecule has 26 heavy (non-hydrogen) atoms. The Morgan fingerprint density at radius 3 is 2.58 bits per heavy atom. The van der Waals surface area contributed by atoms with Crippen LogP contribution in [0.3, 0.4) is 0 Å². The van der Waals surface area contributed by atoms with Gasteiger partial charge in [0.1, 0.15) is 5.75 Å². The van der Waals surface area contributed by atoms with Gasteiger partial charge in [0, 0.05) is 16.9 Å². The van der Waals surface area contributed by atoms with Crippen LogP contribution in [0.1, 0.15) is 31.9 Å². The molecule has 8 heteroatoms. The largest absolute Gasteiger partial charge is 0.495 e. The maximum atomic E-state index is 12.7. The lowest BCUT2D eigenvalue weighted by atomic mass is 10.1. The molecule has 2 aromatic carbocycles. The molecular formula is C18H21BrN2O4S. The average molecular weight is 441 g/mol. The van der Waals surface area contributed by atoms with Crippen molar-refractivity contribution in [2.24, 2.45) is 0 Å². The minimum Gasteiger partial charge on any atom is -0.495 e. The van der Waals surface area contributed by atoms with Gasteiger partial charge in [0.25, 0.3) is 0 Å². The van der Waals surface area contributed by atoms with Crippen LogP contribution in [0.4, 0.5) is 5.69 Å². The molecule has 0 aliphatic carbocycles. The fourth-order valence-corrected chi connectivity index (χ4v) is 4.01. The zero-order valence-electron chi connectivity index (χ0n) is 14.7. The molecule has 140 valence electrons. The van der Waals surface area contributed by atoms with Crippen molar-refractivity contribution in [2.45, 2.75) is 31.2 Å². The molecule has 2 rings (SSSR count). The van der Waals surface area contributed by atoms with E-state index in [0.29, 0.717) is 11.4 Å². The monoisotopic (exact) mass is 440 g/mol. The van der Waals surface area contributed by atoms with E-state index in [9.17, 15) is 13.2 Å². The van der Waals surface area contributed by atoms with E-state index in [1.807, 2.05) is 24.3 Å². The summed E-state index contributed by atoms with van der Waals surface area (Å²) in [5.74, 6) is 0.166. The number of anilines is 1. The number of halogens is 1. The second kappa shape index (κ2) is 8.66. The predicted molar refractivity (Wildman–Crippen MR) is 105 cm³/mol. The molecule has 0 aromatic heterocycles. The Balaban J connectivity index is 2.30. The number of benzene rings is 2. The lowest BCUT2D eigenvalue weighted by Gasteiger charge is -2.16. The zero-order valence-corrected chi connectivity index (χ0v) is 17.1. The van der Waals surface area contributed by atoms with Gasteiger partial charge in [-0.1, -0.05) is 35.0 Å². The Morgan fingerprint density at radius 1 is 1.23 bits per heavy atom. The number of amides is 1. The SMILES string of the molecule is CCC(=O)Nc1cc(S(=O)(=O)N[C@H](C)c2cccc(Br)c2)ccc1OC. The Kier molecular flexibility index (Phi) is 6.80. The molecule has 1 amide bonds. The summed E-state index contributed by atoms with van der Waals surface area (Å²) in [6, 6.07) is 11.3. The summed E-state index contributed by atoms with van der Waals surface area (Å²) in [6.45, 7) is 3.48. The Labute approximate surface area is 162 Å². The van der Waals surface area contributed by atoms with Crippen LogP contribution in [0.2, 0.25) is 0 Å². The second-order valence-corrected chi connectivity index (χ2v) is 8.29. The van der Waals surface area contributed by atoms with Crippen molar-refractivity contribution in [3.63, 3.8) is 0 Å². The maximum absolute atomic E-state index is 12.7. The summed E-state index contributed by atoms with van der Waals surface area (Å²) in [4.78, 5) is 11.7. The van der Waals surface area contributed by atoms with Gasteiger partial charge in [-0.2, -0.15) is 0 Å². The van der Waals surface area contributed by atoms with Crippen molar-refractivity contribution in [1.82, 2.24) is 4.72 Å². The van der Waals surface area contributed by atoms with Gasteiger partial charge in [-0.15, -0.1) is 0 Å². The molecule has 1 atom stereocenters. The topological polar surface area (TPSA) is 84.5 Å². The van der Waals surface area contributed by atoms with Crippen LogP contribution in [0.25, 0.3) is 0 Å². The van der Waals surface area contributed by atoms with Crippen LogP contribution >= 0.6 is 15.9 Å². The predicted octanol–water partition coefficient (Wildman–Crippen LogP) is 3.85. The number of hydrogen-bond donors (Lipinski definition) is 2. The summed E-state index contributed by atoms with van der Waals surface area (Å²) in [6.07, 6.45) is 0.276. The van der Waals surface area contributed by atoms with Crippen LogP contribution < -0.4 is 14.8 Å². The molecule has 0 saturated carbocycles. The smallest absolute Gasteiger partial charge is 0.241 e. The summed E-state index contributed by atoms with van der Waals surface area (Å²) in [5, 5.41) is 2.65. The molecule has 0 heterocycles. The van der Waals surface area contributed by atoms with Crippen LogP contribution in [0, 0.1) is 0 Å². The number of sulfonamides is 1. The first-order valence-electron chi connectivity index (χ1n) is 8.02. The number of methoxy groups -OCH3 is 1. The number of carbonyl (C=O) groups excluding carboxylic acids is 1. The summed E-state index contributed by atoms with van der Waals surface area (Å²) in [5.41, 5.74) is 1.15. The minimum atomic E-state index is -3.78. The van der Waals surface area contributed by atoms with Crippen LogP contribution in [0.15, 0.2) is 51.8 Å². The lowest BCUT2D eigenvalue weighted by Crippen LogP contribution is -2.27. The summed E-state index contributed by atoms with van der Waals surface area (Å²) >= 11 is 3.38. The van der Waals surface area contributed by atoms with E-state index >= 15 is 0 Å². The zero-order chi connectivity index (χ0) is 19.3. The quantitative estimate of drug-likeness (QED) is 0.684. The minimum absolute atomic E-state index is 0.0477. The number of hydrogen-bond acceptors (Lipinski definition) is 4. The molecule has 2 aromatic rings. The molecular weight excluding hydrogens is 420 g/mol. The molecule has 6 nitrogen and oxygen atoms in total. The van der Waals surface area contributed by atoms with Crippen molar-refractivity contribution >= 4 is 37.5 Å². The van der Waals surface area contributed by atoms with Gasteiger partial charge in [0.15, 0.2) is 0 Å². The summed E-state index contributed by atoms with van der Waals surface area (Å²) in [7, 11) is -2.33. The van der Waals surface area contributed by atoms with Gasteiger partial charge in [-0.25, -0.2) is 13.1 Å². The Bertz CT molecular complexity index is 900. The van der Waals surface area contributed by atoms with E-state index in [2.05, 4.69) is 26.0 Å². The molecule has 0 spiro atoms. The van der Waals surface area contributed by atoms with Gasteiger partial charge in [0.2, 0.25) is 15.9 Å². The van der Waals surface area contributed by atoms with Crippen LogP contribution in [-0.2, 0) is 14.8 Å². The highest BCUT2D eigenvalue weighted by Gasteiger charge is 2.20. The average Bonchev–Trinajstić information content (AvgIpc) is 2.61. The highest BCUT2D eigenvalue weighted by Crippen LogP contribution is 2.28. The first-order chi connectivity index (χ1) is 12.3. The van der Waals surface area contributed by atoms with Crippen molar-refractivity contribution in [3.8, 4) is 5.75 Å². The molecule has 0 aliphatic heterocycles. The Hall–Kier alpha value is -1.90. The standard InChI is InChI=1S/C18H21BrN2O4S/c1-4-18(22)20-16-11-15(8-9-17(16)25-3)26(23,24)21-12(2)13-6-5-7-14(19)10-13/h5-12,21H,4H2,1-3H3,(H,20,22)/t12-/m1/s1. The van der Waals surface area contributed by atoms with Crippen LogP contribution in [0.5, 0.6) is 5.75 Å². The van der Waals surface area contributed by atoms with E-state index in [1.54, 1.807) is 13.8 Å². The second-order valence-electron chi connectivity index (χ2n) is 5.66. The normalized spacial score (nSPS) is 12.5. The van der Waals surface area contributed by atoms with E-state index < -0.39 is 16.1 Å². The van der Waals surface area contributed by atoms with Crippen molar-refractivity contribution in [1.29, 1.82) is 0 Å². The summed E-state index contributed by atoms with van der Waals surface area (Å²) < 4.78 is 34.2. The molecule has 0 saturated heterocycles. The van der Waals surface area contributed by atoms with Gasteiger partial charge in [0.05, 0.1) is 17.7 Å². The molecule has 2 N–H and O–H groups in total. The third kappa shape index (κ3) is 5.06. The highest BCUT2D eigenvalue weighted by molar-refractivity contribution is 9.10. The third-order valence-corrected chi connectivity index (χ3v) is 5.79. The fourth-order valence-electron chi connectivity index (χ4n) is 2.34. The molecule has 0 radical (unpaired) electrons. The lowest BCUT2D eigenvalue weighted by molar-refractivity contribution is -0.115. The number of nitrogens with one attached hydrogen (secondary N) is 2. The first-order valence-corrected chi connectivity index (χ1v) is 10.3. The van der Waals surface area contributed by atoms with Gasteiger partial charge < -0.3 is 10.1 Å². The number of ether oxygens (including phenoxy) is 1. The van der Waals surface area contributed by atoms with Gasteiger partial charge >= 0.3 is 0 Å². The molecule has 0 aliphatic rings. The van der Waals surface area contributed by atoms with Gasteiger partial charge in [-0.05, 0) is 42.8 Å².